The van der Waals surface area contributed by atoms with Crippen LogP contribution >= 0.6 is 11.3 Å². The van der Waals surface area contributed by atoms with E-state index in [1.165, 1.54) is 17.6 Å². The van der Waals surface area contributed by atoms with E-state index < -0.39 is 18.5 Å². The fourth-order valence-electron chi connectivity index (χ4n) is 2.34. The number of carbonyl (C=O) groups is 2. The summed E-state index contributed by atoms with van der Waals surface area (Å²) in [4.78, 5) is 29.2. The predicted molar refractivity (Wildman–Crippen MR) is 99.8 cm³/mol. The Morgan fingerprint density at radius 3 is 2.93 bits per heavy atom. The van der Waals surface area contributed by atoms with Crippen LogP contribution in [0.25, 0.3) is 0 Å². The number of thiazole rings is 1. The average Bonchev–Trinajstić information content (AvgIpc) is 3.18. The van der Waals surface area contributed by atoms with Crippen LogP contribution < -0.4 is 15.1 Å². The first-order valence-electron chi connectivity index (χ1n) is 8.19. The van der Waals surface area contributed by atoms with Crippen molar-refractivity contribution in [2.24, 2.45) is 5.10 Å². The number of nitrogens with one attached hydrogen (secondary N) is 1. The van der Waals surface area contributed by atoms with Gasteiger partial charge in [-0.3, -0.25) is 4.79 Å². The molecule has 27 heavy (non-hydrogen) atoms. The van der Waals surface area contributed by atoms with E-state index in [0.717, 1.165) is 18.2 Å². The molecule has 142 valence electrons. The SMILES string of the molecule is O=C(O)COc1ccccc1/C=N/NC(=O)c1csc(N2CCOCC2)n1. The van der Waals surface area contributed by atoms with E-state index in [4.69, 9.17) is 14.6 Å². The molecule has 1 fully saturated rings. The summed E-state index contributed by atoms with van der Waals surface area (Å²) in [6, 6.07) is 6.80. The Morgan fingerprint density at radius 2 is 2.15 bits per heavy atom. The van der Waals surface area contributed by atoms with E-state index in [1.807, 2.05) is 0 Å². The molecule has 1 aliphatic heterocycles. The first-order valence-corrected chi connectivity index (χ1v) is 9.06. The normalized spacial score (nSPS) is 14.3. The lowest BCUT2D eigenvalue weighted by Gasteiger charge is -2.25. The summed E-state index contributed by atoms with van der Waals surface area (Å²) >= 11 is 1.40. The van der Waals surface area contributed by atoms with Gasteiger partial charge in [-0.05, 0) is 12.1 Å². The summed E-state index contributed by atoms with van der Waals surface area (Å²) in [7, 11) is 0. The molecule has 1 aliphatic rings. The summed E-state index contributed by atoms with van der Waals surface area (Å²) in [6.45, 7) is 2.34. The van der Waals surface area contributed by atoms with Gasteiger partial charge in [0.25, 0.3) is 5.91 Å². The minimum absolute atomic E-state index is 0.286. The highest BCUT2D eigenvalue weighted by Gasteiger charge is 2.17. The molecule has 2 N–H and O–H groups in total. The molecule has 0 atom stereocenters. The Balaban J connectivity index is 1.59. The van der Waals surface area contributed by atoms with Crippen LogP contribution in [-0.4, -0.2) is 61.1 Å². The molecule has 2 aromatic rings. The van der Waals surface area contributed by atoms with Crippen LogP contribution in [0.1, 0.15) is 16.1 Å². The number of anilines is 1. The number of amides is 1. The molecule has 0 saturated carbocycles. The molecule has 0 spiro atoms. The lowest BCUT2D eigenvalue weighted by atomic mass is 10.2. The Bertz CT molecular complexity index is 832. The molecule has 9 nitrogen and oxygen atoms in total. The topological polar surface area (TPSA) is 113 Å². The van der Waals surface area contributed by atoms with Crippen molar-refractivity contribution in [3.05, 3.63) is 40.9 Å². The van der Waals surface area contributed by atoms with Gasteiger partial charge in [-0.25, -0.2) is 15.2 Å². The van der Waals surface area contributed by atoms with Gasteiger partial charge in [0.15, 0.2) is 11.7 Å². The quantitative estimate of drug-likeness (QED) is 0.539. The van der Waals surface area contributed by atoms with E-state index in [0.29, 0.717) is 24.5 Å². The van der Waals surface area contributed by atoms with Crippen molar-refractivity contribution in [1.29, 1.82) is 0 Å². The van der Waals surface area contributed by atoms with Gasteiger partial charge in [0, 0.05) is 24.0 Å². The number of rotatable bonds is 7. The van der Waals surface area contributed by atoms with Gasteiger partial charge < -0.3 is 19.5 Å². The van der Waals surface area contributed by atoms with E-state index in [-0.39, 0.29) is 5.69 Å². The van der Waals surface area contributed by atoms with Crippen molar-refractivity contribution in [2.75, 3.05) is 37.8 Å². The monoisotopic (exact) mass is 390 g/mol. The van der Waals surface area contributed by atoms with Crippen molar-refractivity contribution < 1.29 is 24.2 Å². The second kappa shape index (κ2) is 9.10. The van der Waals surface area contributed by atoms with Gasteiger partial charge in [0.2, 0.25) is 0 Å². The number of morpholine rings is 1. The van der Waals surface area contributed by atoms with Crippen LogP contribution in [0, 0.1) is 0 Å². The summed E-state index contributed by atoms with van der Waals surface area (Å²) in [6.07, 6.45) is 1.39. The number of nitrogens with zero attached hydrogens (tertiary/aromatic N) is 3. The van der Waals surface area contributed by atoms with Crippen LogP contribution in [0.5, 0.6) is 5.75 Å². The highest BCUT2D eigenvalue weighted by Crippen LogP contribution is 2.21. The first kappa shape index (κ1) is 18.8. The standard InChI is InChI=1S/C17H18N4O5S/c22-15(23)10-26-14-4-2-1-3-12(14)9-18-20-16(24)13-11-27-17(19-13)21-5-7-25-8-6-21/h1-4,9,11H,5-8,10H2,(H,20,24)(H,22,23)/b18-9+. The van der Waals surface area contributed by atoms with Crippen LogP contribution in [0.15, 0.2) is 34.7 Å². The molecule has 2 heterocycles. The van der Waals surface area contributed by atoms with Crippen molar-refractivity contribution in [3.8, 4) is 5.75 Å². The third-order valence-corrected chi connectivity index (χ3v) is 4.55. The van der Waals surface area contributed by atoms with Gasteiger partial charge in [-0.1, -0.05) is 12.1 Å². The number of ether oxygens (including phenoxy) is 2. The number of carboxylic acid groups (broad SMARTS) is 1. The third kappa shape index (κ3) is 5.25. The van der Waals surface area contributed by atoms with Crippen molar-refractivity contribution >= 4 is 34.6 Å². The summed E-state index contributed by atoms with van der Waals surface area (Å²) in [5.41, 5.74) is 3.25. The molecule has 1 saturated heterocycles. The Morgan fingerprint density at radius 1 is 1.37 bits per heavy atom. The van der Waals surface area contributed by atoms with Gasteiger partial charge in [-0.2, -0.15) is 5.10 Å². The Kier molecular flexibility index (Phi) is 6.34. The molecular weight excluding hydrogens is 372 g/mol. The summed E-state index contributed by atoms with van der Waals surface area (Å²) < 4.78 is 10.5. The van der Waals surface area contributed by atoms with Crippen LogP contribution in [-0.2, 0) is 9.53 Å². The first-order chi connectivity index (χ1) is 13.1. The molecule has 1 aromatic heterocycles. The second-order valence-corrected chi connectivity index (χ2v) is 6.37. The van der Waals surface area contributed by atoms with Crippen molar-refractivity contribution in [1.82, 2.24) is 10.4 Å². The van der Waals surface area contributed by atoms with Crippen LogP contribution in [0.2, 0.25) is 0 Å². The van der Waals surface area contributed by atoms with Gasteiger partial charge in [0.1, 0.15) is 11.4 Å². The molecule has 10 heteroatoms. The molecular formula is C17H18N4O5S. The second-order valence-electron chi connectivity index (χ2n) is 5.53. The van der Waals surface area contributed by atoms with E-state index in [9.17, 15) is 9.59 Å². The number of aromatic nitrogens is 1. The van der Waals surface area contributed by atoms with E-state index in [1.54, 1.807) is 29.6 Å². The Labute approximate surface area is 159 Å². The maximum absolute atomic E-state index is 12.2. The zero-order chi connectivity index (χ0) is 19.1. The number of hydrogen-bond donors (Lipinski definition) is 2. The fourth-order valence-corrected chi connectivity index (χ4v) is 3.20. The number of aliphatic carboxylic acids is 1. The van der Waals surface area contributed by atoms with Crippen LogP contribution in [0.3, 0.4) is 0 Å². The largest absolute Gasteiger partial charge is 0.481 e. The van der Waals surface area contributed by atoms with Gasteiger partial charge >= 0.3 is 5.97 Å². The summed E-state index contributed by atoms with van der Waals surface area (Å²) in [5, 5.41) is 15.1. The maximum Gasteiger partial charge on any atom is 0.341 e. The van der Waals surface area contributed by atoms with Gasteiger partial charge in [0.05, 0.1) is 19.4 Å². The van der Waals surface area contributed by atoms with E-state index >= 15 is 0 Å². The minimum atomic E-state index is -1.07. The number of hydrogen-bond acceptors (Lipinski definition) is 8. The zero-order valence-electron chi connectivity index (χ0n) is 14.3. The molecule has 3 rings (SSSR count). The molecule has 1 amide bonds. The van der Waals surface area contributed by atoms with Crippen molar-refractivity contribution in [2.45, 2.75) is 0 Å². The van der Waals surface area contributed by atoms with Crippen LogP contribution in [0.4, 0.5) is 5.13 Å². The van der Waals surface area contributed by atoms with Gasteiger partial charge in [-0.15, -0.1) is 11.3 Å². The van der Waals surface area contributed by atoms with Crippen molar-refractivity contribution in [3.63, 3.8) is 0 Å². The number of carbonyl (C=O) groups excluding carboxylic acids is 1. The smallest absolute Gasteiger partial charge is 0.341 e. The molecule has 0 aliphatic carbocycles. The number of benzene rings is 1. The minimum Gasteiger partial charge on any atom is -0.481 e. The number of carboxylic acids is 1. The molecule has 0 radical (unpaired) electrons. The molecule has 0 unspecified atom stereocenters. The molecule has 0 bridgehead atoms. The number of para-hydroxylation sites is 1. The zero-order valence-corrected chi connectivity index (χ0v) is 15.1. The fraction of sp³-hybridized carbons (Fsp3) is 0.294. The van der Waals surface area contributed by atoms with E-state index in [2.05, 4.69) is 20.4 Å². The number of hydrazone groups is 1. The maximum atomic E-state index is 12.2. The highest BCUT2D eigenvalue weighted by atomic mass is 32.1. The lowest BCUT2D eigenvalue weighted by molar-refractivity contribution is -0.139. The summed E-state index contributed by atoms with van der Waals surface area (Å²) in [5.74, 6) is -1.14. The predicted octanol–water partition coefficient (Wildman–Crippen LogP) is 1.21. The molecule has 1 aromatic carbocycles. The Hall–Kier alpha value is -2.98. The lowest BCUT2D eigenvalue weighted by Crippen LogP contribution is -2.36. The highest BCUT2D eigenvalue weighted by molar-refractivity contribution is 7.13. The third-order valence-electron chi connectivity index (χ3n) is 3.65. The average molecular weight is 390 g/mol.